The van der Waals surface area contributed by atoms with Gasteiger partial charge in [-0.05, 0) is 6.42 Å². The third kappa shape index (κ3) is 6.47. The molecule has 0 heterocycles. The maximum atomic E-state index is 11.3. The van der Waals surface area contributed by atoms with Gasteiger partial charge in [-0.3, -0.25) is 9.59 Å². The summed E-state index contributed by atoms with van der Waals surface area (Å²) in [5.74, 6) is -0.429. The molecule has 0 unspecified atom stereocenters. The normalized spacial score (nSPS) is 10.9. The molecule has 0 saturated heterocycles. The van der Waals surface area contributed by atoms with Crippen molar-refractivity contribution in [1.29, 1.82) is 0 Å². The van der Waals surface area contributed by atoms with Gasteiger partial charge in [-0.2, -0.15) is 0 Å². The highest BCUT2D eigenvalue weighted by atomic mass is 16.5. The number of hydrogen-bond acceptors (Lipinski definition) is 4. The number of carbonyl (C=O) groups is 2. The molecular weight excluding hydrogens is 232 g/mol. The van der Waals surface area contributed by atoms with Crippen molar-refractivity contribution in [2.75, 3.05) is 26.4 Å². The van der Waals surface area contributed by atoms with Gasteiger partial charge in [-0.25, -0.2) is 0 Å². The minimum absolute atomic E-state index is 0.140. The average molecular weight is 254 g/mol. The van der Waals surface area contributed by atoms with Crippen LogP contribution in [0.2, 0.25) is 0 Å². The Bertz CT molecular complexity index is 270. The van der Waals surface area contributed by atoms with Crippen LogP contribution in [0.5, 0.6) is 0 Å². The largest absolute Gasteiger partial charge is 0.377 e. The Morgan fingerprint density at radius 1 is 1.17 bits per heavy atom. The summed E-state index contributed by atoms with van der Waals surface area (Å²) in [6, 6.07) is 0. The Labute approximate surface area is 109 Å². The first kappa shape index (κ1) is 16.7. The smallest absolute Gasteiger partial charge is 0.195 e. The minimum Gasteiger partial charge on any atom is -0.377 e. The van der Waals surface area contributed by atoms with Gasteiger partial charge >= 0.3 is 0 Å². The predicted molar refractivity (Wildman–Crippen MR) is 70.4 cm³/mol. The summed E-state index contributed by atoms with van der Waals surface area (Å²) in [6.07, 6.45) is 4.48. The zero-order chi connectivity index (χ0) is 13.9. The van der Waals surface area contributed by atoms with Crippen LogP contribution in [0.1, 0.15) is 19.8 Å². The molecule has 0 aliphatic heterocycles. The highest BCUT2D eigenvalue weighted by Crippen LogP contribution is 2.28. The molecule has 0 aromatic carbocycles. The molecule has 0 radical (unpaired) electrons. The second kappa shape index (κ2) is 9.74. The number of ether oxygens (including phenoxy) is 2. The third-order valence-corrected chi connectivity index (χ3v) is 2.72. The Kier molecular flexibility index (Phi) is 9.06. The number of aldehydes is 1. The number of ketones is 1. The van der Waals surface area contributed by atoms with Crippen LogP contribution in [0.3, 0.4) is 0 Å². The monoisotopic (exact) mass is 254 g/mol. The highest BCUT2D eigenvalue weighted by Gasteiger charge is 2.31. The summed E-state index contributed by atoms with van der Waals surface area (Å²) in [5.41, 5.74) is -0.454. The van der Waals surface area contributed by atoms with Crippen LogP contribution in [0.15, 0.2) is 25.3 Å². The molecule has 0 spiro atoms. The molecule has 0 N–H and O–H groups in total. The second-order valence-corrected chi connectivity index (χ2v) is 4.22. The van der Waals surface area contributed by atoms with Gasteiger partial charge in [0, 0.05) is 11.8 Å². The molecule has 0 bridgehead atoms. The molecule has 0 rings (SSSR count). The van der Waals surface area contributed by atoms with Gasteiger partial charge in [0.25, 0.3) is 0 Å². The quantitative estimate of drug-likeness (QED) is 0.231. The molecule has 0 aromatic rings. The van der Waals surface area contributed by atoms with Crippen LogP contribution in [0.25, 0.3) is 0 Å². The average Bonchev–Trinajstić information content (AvgIpc) is 2.38. The molecule has 0 atom stereocenters. The van der Waals surface area contributed by atoms with E-state index >= 15 is 0 Å². The Hall–Kier alpha value is -1.26. The highest BCUT2D eigenvalue weighted by molar-refractivity contribution is 6.25. The number of Topliss-reactive ketones (excluding diaryl/α,β-unsaturated/α-hetero) is 1. The van der Waals surface area contributed by atoms with Crippen molar-refractivity contribution in [1.82, 2.24) is 0 Å². The number of hydrogen-bond donors (Lipinski definition) is 0. The first-order chi connectivity index (χ1) is 8.64. The Morgan fingerprint density at radius 3 is 2.00 bits per heavy atom. The van der Waals surface area contributed by atoms with Gasteiger partial charge in [-0.1, -0.05) is 19.1 Å². The fourth-order valence-electron chi connectivity index (χ4n) is 1.60. The van der Waals surface area contributed by atoms with Crippen molar-refractivity contribution >= 4 is 12.1 Å². The van der Waals surface area contributed by atoms with Gasteiger partial charge in [0.1, 0.15) is 0 Å². The van der Waals surface area contributed by atoms with E-state index in [1.165, 1.54) is 0 Å². The summed E-state index contributed by atoms with van der Waals surface area (Å²) in [5, 5.41) is 0. The lowest BCUT2D eigenvalue weighted by Crippen LogP contribution is -2.35. The summed E-state index contributed by atoms with van der Waals surface area (Å²) in [4.78, 5) is 21.8. The molecule has 0 aliphatic carbocycles. The van der Waals surface area contributed by atoms with Crippen LogP contribution in [0, 0.1) is 5.41 Å². The van der Waals surface area contributed by atoms with Crippen LogP contribution < -0.4 is 0 Å². The van der Waals surface area contributed by atoms with E-state index in [1.807, 2.05) is 6.92 Å². The molecular formula is C14H22O4. The van der Waals surface area contributed by atoms with E-state index in [1.54, 1.807) is 12.2 Å². The molecule has 0 amide bonds. The van der Waals surface area contributed by atoms with Gasteiger partial charge in [-0.15, -0.1) is 13.2 Å². The predicted octanol–water partition coefficient (Wildman–Crippen LogP) is 1.95. The topological polar surface area (TPSA) is 52.6 Å². The summed E-state index contributed by atoms with van der Waals surface area (Å²) < 4.78 is 10.8. The molecule has 102 valence electrons. The SMILES string of the molecule is C=CCOCC(CC)(COCC=C)CC(=O)C=O. The van der Waals surface area contributed by atoms with Crippen LogP contribution in [-0.4, -0.2) is 38.5 Å². The Morgan fingerprint density at radius 2 is 1.67 bits per heavy atom. The summed E-state index contributed by atoms with van der Waals surface area (Å²) in [7, 11) is 0. The summed E-state index contributed by atoms with van der Waals surface area (Å²) in [6.45, 7) is 10.6. The zero-order valence-corrected chi connectivity index (χ0v) is 11.0. The van der Waals surface area contributed by atoms with Gasteiger partial charge in [0.2, 0.25) is 0 Å². The molecule has 0 aromatic heterocycles. The fraction of sp³-hybridized carbons (Fsp3) is 0.571. The van der Waals surface area contributed by atoms with Crippen LogP contribution in [-0.2, 0) is 19.1 Å². The van der Waals surface area contributed by atoms with E-state index in [0.29, 0.717) is 39.1 Å². The lowest BCUT2D eigenvalue weighted by molar-refractivity contribution is -0.133. The molecule has 0 saturated carbocycles. The lowest BCUT2D eigenvalue weighted by Gasteiger charge is -2.30. The number of carbonyl (C=O) groups excluding carboxylic acids is 2. The van der Waals surface area contributed by atoms with E-state index in [2.05, 4.69) is 13.2 Å². The maximum Gasteiger partial charge on any atom is 0.195 e. The van der Waals surface area contributed by atoms with Crippen molar-refractivity contribution < 1.29 is 19.1 Å². The fourth-order valence-corrected chi connectivity index (χ4v) is 1.60. The third-order valence-electron chi connectivity index (χ3n) is 2.72. The first-order valence-corrected chi connectivity index (χ1v) is 5.99. The minimum atomic E-state index is -0.454. The van der Waals surface area contributed by atoms with Crippen LogP contribution >= 0.6 is 0 Å². The Balaban J connectivity index is 4.57. The molecule has 0 aliphatic rings. The molecule has 4 heteroatoms. The molecule has 0 fully saturated rings. The van der Waals surface area contributed by atoms with Crippen molar-refractivity contribution in [2.24, 2.45) is 5.41 Å². The maximum absolute atomic E-state index is 11.3. The van der Waals surface area contributed by atoms with E-state index in [9.17, 15) is 9.59 Å². The van der Waals surface area contributed by atoms with Gasteiger partial charge in [0.05, 0.1) is 26.4 Å². The van der Waals surface area contributed by atoms with Crippen molar-refractivity contribution in [3.8, 4) is 0 Å². The van der Waals surface area contributed by atoms with E-state index < -0.39 is 11.2 Å². The number of rotatable bonds is 12. The van der Waals surface area contributed by atoms with Crippen LogP contribution in [0.4, 0.5) is 0 Å². The standard InChI is InChI=1S/C14H22O4/c1-4-7-17-11-14(6-3,9-13(16)10-15)12-18-8-5-2/h4-5,10H,1-2,6-9,11-12H2,3H3. The van der Waals surface area contributed by atoms with Crippen molar-refractivity contribution in [3.05, 3.63) is 25.3 Å². The van der Waals surface area contributed by atoms with Crippen molar-refractivity contribution in [2.45, 2.75) is 19.8 Å². The van der Waals surface area contributed by atoms with Crippen molar-refractivity contribution in [3.63, 3.8) is 0 Å². The second-order valence-electron chi connectivity index (χ2n) is 4.22. The summed E-state index contributed by atoms with van der Waals surface area (Å²) >= 11 is 0. The van der Waals surface area contributed by atoms with E-state index in [-0.39, 0.29) is 6.42 Å². The van der Waals surface area contributed by atoms with E-state index in [0.717, 1.165) is 0 Å². The lowest BCUT2D eigenvalue weighted by atomic mass is 9.82. The molecule has 4 nitrogen and oxygen atoms in total. The van der Waals surface area contributed by atoms with E-state index in [4.69, 9.17) is 9.47 Å². The molecule has 18 heavy (non-hydrogen) atoms. The van der Waals surface area contributed by atoms with Gasteiger partial charge < -0.3 is 9.47 Å². The van der Waals surface area contributed by atoms with Gasteiger partial charge in [0.15, 0.2) is 12.1 Å². The first-order valence-electron chi connectivity index (χ1n) is 5.99. The zero-order valence-electron chi connectivity index (χ0n) is 11.0.